The molecule has 0 unspecified atom stereocenters. The molecule has 0 aliphatic carbocycles. The summed E-state index contributed by atoms with van der Waals surface area (Å²) < 4.78 is 7.41. The summed E-state index contributed by atoms with van der Waals surface area (Å²) in [6.45, 7) is 1.53. The molecule has 4 heteroatoms. The van der Waals surface area contributed by atoms with Crippen LogP contribution in [0.5, 0.6) is 0 Å². The molecular weight excluding hydrogens is 686 g/mol. The summed E-state index contributed by atoms with van der Waals surface area (Å²) >= 11 is 0. The summed E-state index contributed by atoms with van der Waals surface area (Å²) in [7, 11) is 0. The summed E-state index contributed by atoms with van der Waals surface area (Å²) in [5.74, 6) is 1.20. The number of para-hydroxylation sites is 4. The first-order chi connectivity index (χ1) is 24.8. The number of halogens is 1. The Morgan fingerprint density at radius 3 is 1.59 bits per heavy atom. The van der Waals surface area contributed by atoms with Gasteiger partial charge in [-0.15, -0.1) is 0 Å². The zero-order chi connectivity index (χ0) is 33.0. The predicted octanol–water partition coefficient (Wildman–Crippen LogP) is 8.10. The first-order valence-corrected chi connectivity index (χ1v) is 17.3. The molecule has 0 fully saturated rings. The summed E-state index contributed by atoms with van der Waals surface area (Å²) in [4.78, 5) is 0. The van der Waals surface area contributed by atoms with Gasteiger partial charge in [-0.05, 0) is 93.3 Å². The van der Waals surface area contributed by atoms with Crippen LogP contribution >= 0.6 is 0 Å². The summed E-state index contributed by atoms with van der Waals surface area (Å²) in [6.07, 6.45) is 0. The van der Waals surface area contributed by atoms with Crippen molar-refractivity contribution in [2.75, 3.05) is 0 Å². The maximum Gasteiger partial charge on any atom is 0.290 e. The number of fused-ring (bicyclic) bond motifs is 6. The Labute approximate surface area is 307 Å². The zero-order valence-electron chi connectivity index (χ0n) is 28.0. The van der Waals surface area contributed by atoms with Gasteiger partial charge in [0.05, 0.1) is 16.6 Å². The number of aromatic nitrogens is 3. The third-order valence-electron chi connectivity index (χ3n) is 10.2. The van der Waals surface area contributed by atoms with Crippen LogP contribution < -0.4 is 21.5 Å². The van der Waals surface area contributed by atoms with Crippen LogP contribution in [-0.2, 0) is 13.1 Å². The molecule has 2 aromatic heterocycles. The highest BCUT2D eigenvalue weighted by molar-refractivity contribution is 6.09. The fourth-order valence-electron chi connectivity index (χ4n) is 7.93. The van der Waals surface area contributed by atoms with E-state index in [1.165, 1.54) is 76.9 Å². The van der Waals surface area contributed by atoms with Crippen molar-refractivity contribution in [1.82, 2.24) is 9.13 Å². The largest absolute Gasteiger partial charge is 1.00 e. The van der Waals surface area contributed by atoms with E-state index in [1.807, 2.05) is 0 Å². The number of rotatable bonds is 6. The number of nitrogens with zero attached hydrogens (tertiary/aromatic N) is 3. The molecule has 0 spiro atoms. The second kappa shape index (κ2) is 12.7. The molecule has 3 nitrogen and oxygen atoms in total. The number of benzene rings is 8. The topological polar surface area (TPSA) is 13.7 Å². The Hall–Kier alpha value is -5.97. The normalized spacial score (nSPS) is 11.5. The van der Waals surface area contributed by atoms with Gasteiger partial charge in [0.2, 0.25) is 0 Å². The summed E-state index contributed by atoms with van der Waals surface area (Å²) in [5.41, 5.74) is 9.80. The third-order valence-corrected chi connectivity index (χ3v) is 10.2. The minimum atomic E-state index is 0. The van der Waals surface area contributed by atoms with Gasteiger partial charge in [0.25, 0.3) is 5.82 Å². The van der Waals surface area contributed by atoms with Gasteiger partial charge < -0.3 is 21.5 Å². The lowest BCUT2D eigenvalue weighted by Gasteiger charge is -2.11. The van der Waals surface area contributed by atoms with E-state index in [-0.39, 0.29) is 17.0 Å². The molecule has 244 valence electrons. The lowest BCUT2D eigenvalue weighted by Crippen LogP contribution is -3.00. The average Bonchev–Trinajstić information content (AvgIpc) is 3.67. The van der Waals surface area contributed by atoms with Gasteiger partial charge in [-0.1, -0.05) is 121 Å². The van der Waals surface area contributed by atoms with Gasteiger partial charge in [0.1, 0.15) is 13.1 Å². The SMILES string of the molecule is [Br-].c1ccc2cc(Cn3c(-c4ccc(-n5c6ccccc6c6ccccc65)cc4)[n+](Cc4ccc5ccccc5c4)c4ccccc43)ccc2c1. The average molecular weight is 721 g/mol. The van der Waals surface area contributed by atoms with E-state index in [0.717, 1.165) is 18.8 Å². The first-order valence-electron chi connectivity index (χ1n) is 17.3. The van der Waals surface area contributed by atoms with Gasteiger partial charge in [-0.3, -0.25) is 0 Å². The molecule has 0 N–H and O–H groups in total. The molecule has 0 bridgehead atoms. The van der Waals surface area contributed by atoms with Crippen molar-refractivity contribution >= 4 is 54.4 Å². The number of imidazole rings is 1. The second-order valence-electron chi connectivity index (χ2n) is 13.3. The predicted molar refractivity (Wildman–Crippen MR) is 208 cm³/mol. The summed E-state index contributed by atoms with van der Waals surface area (Å²) in [6, 6.07) is 66.5. The van der Waals surface area contributed by atoms with Crippen LogP contribution in [0, 0.1) is 0 Å². The van der Waals surface area contributed by atoms with E-state index >= 15 is 0 Å². The highest BCUT2D eigenvalue weighted by Crippen LogP contribution is 2.33. The number of hydrogen-bond donors (Lipinski definition) is 0. The molecule has 0 aliphatic heterocycles. The van der Waals surface area contributed by atoms with Crippen LogP contribution in [0.25, 0.3) is 71.5 Å². The van der Waals surface area contributed by atoms with Crippen LogP contribution in [0.2, 0.25) is 0 Å². The van der Waals surface area contributed by atoms with Crippen molar-refractivity contribution < 1.29 is 21.5 Å². The number of hydrogen-bond acceptors (Lipinski definition) is 0. The highest BCUT2D eigenvalue weighted by Gasteiger charge is 2.27. The molecule has 51 heavy (non-hydrogen) atoms. The van der Waals surface area contributed by atoms with E-state index in [1.54, 1.807) is 0 Å². The van der Waals surface area contributed by atoms with Crippen molar-refractivity contribution in [3.63, 3.8) is 0 Å². The molecule has 0 saturated heterocycles. The van der Waals surface area contributed by atoms with E-state index in [2.05, 4.69) is 196 Å². The summed E-state index contributed by atoms with van der Waals surface area (Å²) in [5, 5.41) is 7.61. The molecule has 0 saturated carbocycles. The van der Waals surface area contributed by atoms with Crippen molar-refractivity contribution in [2.24, 2.45) is 0 Å². The molecule has 0 radical (unpaired) electrons. The maximum absolute atomic E-state index is 2.51. The molecule has 10 rings (SSSR count). The van der Waals surface area contributed by atoms with Gasteiger partial charge in [0, 0.05) is 16.5 Å². The second-order valence-corrected chi connectivity index (χ2v) is 13.3. The van der Waals surface area contributed by atoms with Crippen LogP contribution in [0.3, 0.4) is 0 Å². The molecular formula is C47H34BrN3. The van der Waals surface area contributed by atoms with E-state index < -0.39 is 0 Å². The maximum atomic E-state index is 2.51. The molecule has 2 heterocycles. The lowest BCUT2D eigenvalue weighted by molar-refractivity contribution is -0.651. The van der Waals surface area contributed by atoms with Crippen molar-refractivity contribution in [3.05, 3.63) is 193 Å². The minimum absolute atomic E-state index is 0. The standard InChI is InChI=1S/C47H34N3.BrH/c1-3-13-38-29-33(21-23-35(38)11-1)31-48-45-19-9-10-20-46(45)49(32-34-22-24-36-12-2-4-14-39(36)30-34)47(48)37-25-27-40(28-26-37)50-43-17-7-5-15-41(43)42-16-6-8-18-44(42)50;/h1-30H,31-32H2;1H/q+1;/p-1. The fourth-order valence-corrected chi connectivity index (χ4v) is 7.93. The Kier molecular flexibility index (Phi) is 7.75. The highest BCUT2D eigenvalue weighted by atomic mass is 79.9. The van der Waals surface area contributed by atoms with Gasteiger partial charge in [0.15, 0.2) is 11.0 Å². The molecule has 8 aromatic carbocycles. The van der Waals surface area contributed by atoms with E-state index in [0.29, 0.717) is 0 Å². The molecule has 10 aromatic rings. The quantitative estimate of drug-likeness (QED) is 0.154. The minimum Gasteiger partial charge on any atom is -1.00 e. The van der Waals surface area contributed by atoms with Crippen LogP contribution in [0.1, 0.15) is 11.1 Å². The van der Waals surface area contributed by atoms with Crippen LogP contribution in [0.15, 0.2) is 182 Å². The molecule has 0 amide bonds. The van der Waals surface area contributed by atoms with Gasteiger partial charge in [-0.2, -0.15) is 0 Å². The first kappa shape index (κ1) is 31.0. The Morgan fingerprint density at radius 1 is 0.431 bits per heavy atom. The van der Waals surface area contributed by atoms with Gasteiger partial charge in [-0.25, -0.2) is 9.13 Å². The lowest BCUT2D eigenvalue weighted by atomic mass is 10.1. The molecule has 0 atom stereocenters. The van der Waals surface area contributed by atoms with Crippen LogP contribution in [0.4, 0.5) is 0 Å². The smallest absolute Gasteiger partial charge is 0.290 e. The Balaban J connectivity index is 0.00000348. The van der Waals surface area contributed by atoms with Crippen molar-refractivity contribution in [1.29, 1.82) is 0 Å². The van der Waals surface area contributed by atoms with Crippen LogP contribution in [-0.4, -0.2) is 9.13 Å². The van der Waals surface area contributed by atoms with Gasteiger partial charge >= 0.3 is 0 Å². The van der Waals surface area contributed by atoms with E-state index in [9.17, 15) is 0 Å². The Bertz CT molecular complexity index is 2710. The third kappa shape index (κ3) is 5.31. The van der Waals surface area contributed by atoms with E-state index in [4.69, 9.17) is 0 Å². The monoisotopic (exact) mass is 719 g/mol. The zero-order valence-corrected chi connectivity index (χ0v) is 29.5. The van der Waals surface area contributed by atoms with Crippen molar-refractivity contribution in [2.45, 2.75) is 13.1 Å². The fraction of sp³-hybridized carbons (Fsp3) is 0.0426. The van der Waals surface area contributed by atoms with Crippen molar-refractivity contribution in [3.8, 4) is 17.1 Å². The molecule has 0 aliphatic rings. The Morgan fingerprint density at radius 2 is 0.941 bits per heavy atom.